The van der Waals surface area contributed by atoms with Crippen LogP contribution < -0.4 is 26.7 Å². The molecule has 1 rings (SSSR count). The Bertz CT molecular complexity index is 317. The number of hydroxylamine groups is 1. The summed E-state index contributed by atoms with van der Waals surface area (Å²) in [5, 5.41) is 8.73. The average Bonchev–Trinajstić information content (AvgIpc) is 3.07. The van der Waals surface area contributed by atoms with Crippen LogP contribution in [0, 0.1) is 0 Å². The Labute approximate surface area is 106 Å². The number of hydrogen-bond acceptors (Lipinski definition) is 4. The molecular formula is C11H17INO3-. The molecule has 1 aliphatic rings. The quantitative estimate of drug-likeness (QED) is 0.149. The van der Waals surface area contributed by atoms with Gasteiger partial charge in [-0.3, -0.25) is 0 Å². The van der Waals surface area contributed by atoms with E-state index in [1.54, 1.807) is 0 Å². The number of hydrogen-bond donors (Lipinski definition) is 2. The summed E-state index contributed by atoms with van der Waals surface area (Å²) in [5.74, 6) is 0.683. The van der Waals surface area contributed by atoms with Crippen molar-refractivity contribution in [2.75, 3.05) is 11.0 Å². The first kappa shape index (κ1) is 13.5. The van der Waals surface area contributed by atoms with Crippen LogP contribution in [0.1, 0.15) is 26.7 Å². The van der Waals surface area contributed by atoms with Crippen LogP contribution >= 0.6 is 0 Å². The number of carbonyl (C=O) groups is 1. The Morgan fingerprint density at radius 2 is 2.25 bits per heavy atom. The van der Waals surface area contributed by atoms with Crippen LogP contribution in [0.2, 0.25) is 0 Å². The van der Waals surface area contributed by atoms with Crippen molar-refractivity contribution in [1.82, 2.24) is 5.48 Å². The van der Waals surface area contributed by atoms with Gasteiger partial charge in [-0.1, -0.05) is 0 Å². The fourth-order valence-electron chi connectivity index (χ4n) is 1.27. The molecule has 5 heteroatoms. The van der Waals surface area contributed by atoms with E-state index < -0.39 is 21.2 Å². The van der Waals surface area contributed by atoms with Crippen molar-refractivity contribution in [2.45, 2.75) is 26.7 Å². The van der Waals surface area contributed by atoms with Crippen molar-refractivity contribution in [3.05, 3.63) is 23.1 Å². The molecule has 0 saturated heterocycles. The number of halogens is 1. The van der Waals surface area contributed by atoms with Crippen LogP contribution in [0.4, 0.5) is 0 Å². The molecule has 4 nitrogen and oxygen atoms in total. The Balaban J connectivity index is 2.88. The van der Waals surface area contributed by atoms with E-state index in [2.05, 4.69) is 0 Å². The second kappa shape index (κ2) is 6.90. The minimum atomic E-state index is -0.503. The molecular weight excluding hydrogens is 321 g/mol. The van der Waals surface area contributed by atoms with Gasteiger partial charge in [0.05, 0.1) is 0 Å². The standard InChI is InChI=1S/C11H17INO3/c1-3-12-11(14)9(7-13-15)10(16-4-2)8-5-6-8/h7,13,15H,3-6H2,1-2H3/q-1/b9-7-. The van der Waals surface area contributed by atoms with Gasteiger partial charge in [-0.2, -0.15) is 0 Å². The fourth-order valence-corrected chi connectivity index (χ4v) is 2.78. The summed E-state index contributed by atoms with van der Waals surface area (Å²) in [7, 11) is 0. The van der Waals surface area contributed by atoms with Gasteiger partial charge < -0.3 is 0 Å². The zero-order chi connectivity index (χ0) is 12.0. The van der Waals surface area contributed by atoms with Gasteiger partial charge in [-0.15, -0.1) is 0 Å². The van der Waals surface area contributed by atoms with E-state index in [1.807, 2.05) is 19.3 Å². The number of alkyl halides is 1. The van der Waals surface area contributed by atoms with E-state index in [-0.39, 0.29) is 3.79 Å². The van der Waals surface area contributed by atoms with E-state index >= 15 is 0 Å². The zero-order valence-electron chi connectivity index (χ0n) is 9.55. The third kappa shape index (κ3) is 3.79. The molecule has 1 aliphatic carbocycles. The van der Waals surface area contributed by atoms with E-state index in [1.165, 1.54) is 11.8 Å². The van der Waals surface area contributed by atoms with Gasteiger partial charge in [0.1, 0.15) is 0 Å². The van der Waals surface area contributed by atoms with E-state index in [0.29, 0.717) is 17.9 Å². The molecule has 0 heterocycles. The normalized spacial score (nSPS) is 14.9. The molecule has 1 saturated carbocycles. The molecule has 0 aliphatic heterocycles. The predicted octanol–water partition coefficient (Wildman–Crippen LogP) is -1.43. The molecule has 0 bridgehead atoms. The number of ether oxygens (including phenoxy) is 1. The van der Waals surface area contributed by atoms with Crippen molar-refractivity contribution >= 4 is 3.79 Å². The molecule has 92 valence electrons. The van der Waals surface area contributed by atoms with Crippen molar-refractivity contribution < 1.29 is 35.9 Å². The van der Waals surface area contributed by atoms with Crippen molar-refractivity contribution in [3.8, 4) is 0 Å². The van der Waals surface area contributed by atoms with Crippen LogP contribution in [0.5, 0.6) is 0 Å². The van der Waals surface area contributed by atoms with Crippen molar-refractivity contribution in [2.24, 2.45) is 0 Å². The number of nitrogens with one attached hydrogen (secondary N) is 1. The Morgan fingerprint density at radius 1 is 1.56 bits per heavy atom. The molecule has 0 amide bonds. The molecule has 2 N–H and O–H groups in total. The number of allylic oxidation sites excluding steroid dienone is 2. The molecule has 0 unspecified atom stereocenters. The van der Waals surface area contributed by atoms with E-state index in [9.17, 15) is 4.79 Å². The molecule has 16 heavy (non-hydrogen) atoms. The Kier molecular flexibility index (Phi) is 5.83. The van der Waals surface area contributed by atoms with Crippen LogP contribution in [0.25, 0.3) is 0 Å². The van der Waals surface area contributed by atoms with Gasteiger partial charge in [-0.05, 0) is 0 Å². The van der Waals surface area contributed by atoms with Gasteiger partial charge in [0.2, 0.25) is 0 Å². The van der Waals surface area contributed by atoms with Crippen LogP contribution in [-0.2, 0) is 9.53 Å². The molecule has 0 aromatic carbocycles. The predicted molar refractivity (Wildman–Crippen MR) is 56.4 cm³/mol. The summed E-state index contributed by atoms with van der Waals surface area (Å²) in [6.07, 6.45) is 3.33. The summed E-state index contributed by atoms with van der Waals surface area (Å²) in [5.41, 5.74) is 3.63. The van der Waals surface area contributed by atoms with Crippen molar-refractivity contribution in [3.63, 3.8) is 0 Å². The van der Waals surface area contributed by atoms with Gasteiger partial charge in [0, 0.05) is 0 Å². The zero-order valence-corrected chi connectivity index (χ0v) is 11.7. The second-order valence-corrected chi connectivity index (χ2v) is 6.50. The first-order chi connectivity index (χ1) is 7.74. The molecule has 0 spiro atoms. The second-order valence-electron chi connectivity index (χ2n) is 3.23. The Morgan fingerprint density at radius 3 is 2.69 bits per heavy atom. The first-order valence-corrected chi connectivity index (χ1v) is 7.93. The first-order valence-electron chi connectivity index (χ1n) is 5.33. The Hall–Kier alpha value is -0.560. The maximum atomic E-state index is 11.9. The molecule has 0 radical (unpaired) electrons. The third-order valence-corrected chi connectivity index (χ3v) is 4.07. The van der Waals surface area contributed by atoms with Gasteiger partial charge in [0.15, 0.2) is 0 Å². The third-order valence-electron chi connectivity index (χ3n) is 2.03. The summed E-state index contributed by atoms with van der Waals surface area (Å²) in [6.45, 7) is 4.44. The fraction of sp³-hybridized carbons (Fsp3) is 0.545. The molecule has 0 aromatic heterocycles. The summed E-state index contributed by atoms with van der Waals surface area (Å²) >= 11 is -0.503. The van der Waals surface area contributed by atoms with Crippen LogP contribution in [0.15, 0.2) is 23.1 Å². The average molecular weight is 338 g/mol. The van der Waals surface area contributed by atoms with Crippen LogP contribution in [0.3, 0.4) is 0 Å². The van der Waals surface area contributed by atoms with Gasteiger partial charge in [0.25, 0.3) is 0 Å². The monoisotopic (exact) mass is 338 g/mol. The number of carbonyl (C=O) groups excluding carboxylic acids is 1. The molecule has 0 aromatic rings. The SMILES string of the molecule is CCOC(=C1CC1)/C(=C/NO)C(=O)[I-]CC. The van der Waals surface area contributed by atoms with E-state index in [0.717, 1.165) is 17.3 Å². The number of rotatable bonds is 7. The summed E-state index contributed by atoms with van der Waals surface area (Å²) < 4.78 is 6.52. The summed E-state index contributed by atoms with van der Waals surface area (Å²) in [4.78, 5) is 11.9. The van der Waals surface area contributed by atoms with Gasteiger partial charge in [-0.25, -0.2) is 0 Å². The minimum absolute atomic E-state index is 0.116. The van der Waals surface area contributed by atoms with Crippen LogP contribution in [-0.4, -0.2) is 20.0 Å². The topological polar surface area (TPSA) is 58.6 Å². The molecule has 0 atom stereocenters. The summed E-state index contributed by atoms with van der Waals surface area (Å²) in [6, 6.07) is 0. The molecule has 1 fully saturated rings. The maximum absolute atomic E-state index is 11.9. The van der Waals surface area contributed by atoms with Crippen molar-refractivity contribution in [1.29, 1.82) is 0 Å². The van der Waals surface area contributed by atoms with E-state index in [4.69, 9.17) is 9.94 Å². The van der Waals surface area contributed by atoms with Gasteiger partial charge >= 0.3 is 106 Å².